The number of carboxylic acids is 2. The third kappa shape index (κ3) is 5.01. The lowest BCUT2D eigenvalue weighted by Crippen LogP contribution is -2.14. The molecule has 3 rings (SSSR count). The van der Waals surface area contributed by atoms with Crippen molar-refractivity contribution in [3.05, 3.63) is 93.5 Å². The van der Waals surface area contributed by atoms with Gasteiger partial charge in [0.15, 0.2) is 0 Å². The van der Waals surface area contributed by atoms with Crippen molar-refractivity contribution in [2.24, 2.45) is 0 Å². The van der Waals surface area contributed by atoms with Crippen LogP contribution in [-0.2, 0) is 0 Å². The molecule has 0 radical (unpaired) electrons. The summed E-state index contributed by atoms with van der Waals surface area (Å²) >= 11 is 0. The Labute approximate surface area is 174 Å². The minimum Gasteiger partial charge on any atom is -0.478 e. The monoisotopic (exact) mass is 422 g/mol. The van der Waals surface area contributed by atoms with E-state index in [1.54, 1.807) is 0 Å². The standard InChI is InChI=1S/C21H14N2O8/c24-19(22-13-3-10-17(20(25)26)18(11-13)21(27)28)12-1-6-15(7-2-12)31-16-8-4-14(5-9-16)23(29)30/h1-11H,(H,22,24)(H,25,26)(H,27,28). The summed E-state index contributed by atoms with van der Waals surface area (Å²) in [5.41, 5.74) is -0.536. The average molecular weight is 422 g/mol. The molecule has 3 N–H and O–H groups in total. The Morgan fingerprint density at radius 3 is 1.87 bits per heavy atom. The van der Waals surface area contributed by atoms with Crippen molar-refractivity contribution in [1.82, 2.24) is 0 Å². The summed E-state index contributed by atoms with van der Waals surface area (Å²) in [5.74, 6) is -2.59. The smallest absolute Gasteiger partial charge is 0.336 e. The number of nitrogens with zero attached hydrogens (tertiary/aromatic N) is 1. The molecule has 0 unspecified atom stereocenters. The van der Waals surface area contributed by atoms with Crippen molar-refractivity contribution >= 4 is 29.2 Å². The molecule has 0 bridgehead atoms. The van der Waals surface area contributed by atoms with Gasteiger partial charge in [0.25, 0.3) is 11.6 Å². The molecule has 0 saturated carbocycles. The van der Waals surface area contributed by atoms with Crippen LogP contribution in [0.2, 0.25) is 0 Å². The first-order chi connectivity index (χ1) is 14.7. The average Bonchev–Trinajstić information content (AvgIpc) is 2.74. The number of nitro groups is 1. The predicted octanol–water partition coefficient (Wildman–Crippen LogP) is 4.04. The highest BCUT2D eigenvalue weighted by Gasteiger charge is 2.17. The van der Waals surface area contributed by atoms with E-state index in [2.05, 4.69) is 5.32 Å². The molecule has 156 valence electrons. The minimum atomic E-state index is -1.43. The van der Waals surface area contributed by atoms with Gasteiger partial charge in [-0.1, -0.05) is 0 Å². The topological polar surface area (TPSA) is 156 Å². The van der Waals surface area contributed by atoms with E-state index in [1.807, 2.05) is 0 Å². The maximum absolute atomic E-state index is 12.4. The molecular formula is C21H14N2O8. The molecule has 3 aromatic rings. The van der Waals surface area contributed by atoms with E-state index < -0.39 is 33.9 Å². The molecule has 10 nitrogen and oxygen atoms in total. The number of hydrogen-bond donors (Lipinski definition) is 3. The van der Waals surface area contributed by atoms with Gasteiger partial charge in [0.05, 0.1) is 16.1 Å². The summed E-state index contributed by atoms with van der Waals surface area (Å²) in [5, 5.41) is 31.4. The van der Waals surface area contributed by atoms with Gasteiger partial charge in [-0.3, -0.25) is 14.9 Å². The molecule has 3 aromatic carbocycles. The zero-order chi connectivity index (χ0) is 22.5. The van der Waals surface area contributed by atoms with Crippen molar-refractivity contribution in [2.45, 2.75) is 0 Å². The number of carboxylic acid groups (broad SMARTS) is 2. The van der Waals surface area contributed by atoms with Gasteiger partial charge in [0.2, 0.25) is 0 Å². The van der Waals surface area contributed by atoms with Crippen LogP contribution in [0.4, 0.5) is 11.4 Å². The minimum absolute atomic E-state index is 0.0678. The van der Waals surface area contributed by atoms with Gasteiger partial charge in [0, 0.05) is 23.4 Å². The maximum atomic E-state index is 12.4. The molecule has 31 heavy (non-hydrogen) atoms. The lowest BCUT2D eigenvalue weighted by molar-refractivity contribution is -0.384. The molecule has 0 heterocycles. The Hall–Kier alpha value is -4.73. The van der Waals surface area contributed by atoms with E-state index in [9.17, 15) is 24.5 Å². The number of benzene rings is 3. The molecule has 0 aliphatic rings. The fourth-order valence-corrected chi connectivity index (χ4v) is 2.64. The molecule has 10 heteroatoms. The summed E-state index contributed by atoms with van der Waals surface area (Å²) in [6.45, 7) is 0. The van der Waals surface area contributed by atoms with Gasteiger partial charge in [0.1, 0.15) is 11.5 Å². The summed E-state index contributed by atoms with van der Waals surface area (Å²) in [6.07, 6.45) is 0. The number of nitro benzene ring substituents is 1. The molecule has 0 spiro atoms. The highest BCUT2D eigenvalue weighted by molar-refractivity contribution is 6.06. The van der Waals surface area contributed by atoms with Crippen LogP contribution >= 0.6 is 0 Å². The van der Waals surface area contributed by atoms with Crippen LogP contribution in [0.5, 0.6) is 11.5 Å². The number of rotatable bonds is 7. The SMILES string of the molecule is O=C(Nc1ccc(C(=O)O)c(C(=O)O)c1)c1ccc(Oc2ccc([N+](=O)[O-])cc2)cc1. The van der Waals surface area contributed by atoms with Gasteiger partial charge in [-0.25, -0.2) is 9.59 Å². The first-order valence-electron chi connectivity index (χ1n) is 8.69. The van der Waals surface area contributed by atoms with Crippen LogP contribution < -0.4 is 10.1 Å². The summed E-state index contributed by atoms with van der Waals surface area (Å²) in [4.78, 5) is 44.9. The first-order valence-corrected chi connectivity index (χ1v) is 8.69. The maximum Gasteiger partial charge on any atom is 0.336 e. The van der Waals surface area contributed by atoms with E-state index in [-0.39, 0.29) is 16.9 Å². The highest BCUT2D eigenvalue weighted by atomic mass is 16.6. The van der Waals surface area contributed by atoms with Gasteiger partial charge in [-0.2, -0.15) is 0 Å². The van der Waals surface area contributed by atoms with Crippen LogP contribution in [0.3, 0.4) is 0 Å². The number of amides is 1. The molecular weight excluding hydrogens is 408 g/mol. The van der Waals surface area contributed by atoms with Gasteiger partial charge in [-0.05, 0) is 54.6 Å². The quantitative estimate of drug-likeness (QED) is 0.380. The second kappa shape index (κ2) is 8.74. The first kappa shape index (κ1) is 21.0. The van der Waals surface area contributed by atoms with E-state index in [0.29, 0.717) is 11.5 Å². The Balaban J connectivity index is 1.70. The Bertz CT molecular complexity index is 1170. The van der Waals surface area contributed by atoms with Gasteiger partial charge >= 0.3 is 11.9 Å². The van der Waals surface area contributed by atoms with Crippen LogP contribution in [-0.4, -0.2) is 33.0 Å². The molecule has 0 aromatic heterocycles. The molecule has 0 fully saturated rings. The van der Waals surface area contributed by atoms with Crippen LogP contribution in [0.15, 0.2) is 66.7 Å². The number of ether oxygens (including phenoxy) is 1. The largest absolute Gasteiger partial charge is 0.478 e. The fraction of sp³-hybridized carbons (Fsp3) is 0. The van der Waals surface area contributed by atoms with Crippen molar-refractivity contribution in [3.8, 4) is 11.5 Å². The number of aromatic carboxylic acids is 2. The fourth-order valence-electron chi connectivity index (χ4n) is 2.64. The second-order valence-electron chi connectivity index (χ2n) is 6.20. The molecule has 1 amide bonds. The van der Waals surface area contributed by atoms with Crippen molar-refractivity contribution < 1.29 is 34.3 Å². The Kier molecular flexibility index (Phi) is 5.92. The summed E-state index contributed by atoms with van der Waals surface area (Å²) in [7, 11) is 0. The zero-order valence-corrected chi connectivity index (χ0v) is 15.6. The molecule has 0 aliphatic heterocycles. The van der Waals surface area contributed by atoms with E-state index in [4.69, 9.17) is 14.9 Å². The zero-order valence-electron chi connectivity index (χ0n) is 15.6. The summed E-state index contributed by atoms with van der Waals surface area (Å²) < 4.78 is 5.57. The molecule has 0 saturated heterocycles. The predicted molar refractivity (Wildman–Crippen MR) is 108 cm³/mol. The van der Waals surface area contributed by atoms with Gasteiger partial charge in [-0.15, -0.1) is 0 Å². The third-order valence-electron chi connectivity index (χ3n) is 4.14. The number of carbonyl (C=O) groups excluding carboxylic acids is 1. The lowest BCUT2D eigenvalue weighted by atomic mass is 10.1. The van der Waals surface area contributed by atoms with Crippen molar-refractivity contribution in [2.75, 3.05) is 5.32 Å². The summed E-state index contributed by atoms with van der Waals surface area (Å²) in [6, 6.07) is 14.9. The number of hydrogen-bond acceptors (Lipinski definition) is 6. The van der Waals surface area contributed by atoms with Crippen LogP contribution in [0.25, 0.3) is 0 Å². The Morgan fingerprint density at radius 1 is 0.806 bits per heavy atom. The lowest BCUT2D eigenvalue weighted by Gasteiger charge is -2.09. The van der Waals surface area contributed by atoms with Crippen molar-refractivity contribution in [1.29, 1.82) is 0 Å². The normalized spacial score (nSPS) is 10.2. The van der Waals surface area contributed by atoms with Crippen LogP contribution in [0.1, 0.15) is 31.1 Å². The number of anilines is 1. The Morgan fingerprint density at radius 2 is 1.35 bits per heavy atom. The van der Waals surface area contributed by atoms with E-state index in [0.717, 1.165) is 12.1 Å². The molecule has 0 aliphatic carbocycles. The van der Waals surface area contributed by atoms with E-state index >= 15 is 0 Å². The van der Waals surface area contributed by atoms with Crippen LogP contribution in [0, 0.1) is 10.1 Å². The number of nitrogens with one attached hydrogen (secondary N) is 1. The van der Waals surface area contributed by atoms with Crippen molar-refractivity contribution in [3.63, 3.8) is 0 Å². The van der Waals surface area contributed by atoms with E-state index in [1.165, 1.54) is 54.6 Å². The molecule has 0 atom stereocenters. The van der Waals surface area contributed by atoms with Gasteiger partial charge < -0.3 is 20.3 Å². The number of non-ortho nitro benzene ring substituents is 1. The third-order valence-corrected chi connectivity index (χ3v) is 4.14. The second-order valence-corrected chi connectivity index (χ2v) is 6.20. The highest BCUT2D eigenvalue weighted by Crippen LogP contribution is 2.24. The number of carbonyl (C=O) groups is 3.